The van der Waals surface area contributed by atoms with E-state index in [-0.39, 0.29) is 23.9 Å². The highest BCUT2D eigenvalue weighted by Crippen LogP contribution is 2.29. The summed E-state index contributed by atoms with van der Waals surface area (Å²) in [6, 6.07) is 8.97. The molecule has 24 heavy (non-hydrogen) atoms. The van der Waals surface area contributed by atoms with Crippen LogP contribution in [-0.4, -0.2) is 33.0 Å². The molecular formula is C16H17N5O3. The number of aromatic nitrogens is 4. The molecule has 0 spiro atoms. The van der Waals surface area contributed by atoms with Crippen LogP contribution >= 0.6 is 0 Å². The molecule has 0 saturated carbocycles. The van der Waals surface area contributed by atoms with Gasteiger partial charge >= 0.3 is 6.01 Å². The maximum absolute atomic E-state index is 12.3. The molecule has 2 heterocycles. The van der Waals surface area contributed by atoms with Gasteiger partial charge < -0.3 is 9.15 Å². The van der Waals surface area contributed by atoms with E-state index in [2.05, 4.69) is 20.6 Å². The summed E-state index contributed by atoms with van der Waals surface area (Å²) in [5, 5.41) is 14.5. The van der Waals surface area contributed by atoms with Gasteiger partial charge in [-0.05, 0) is 32.0 Å². The molecule has 124 valence electrons. The van der Waals surface area contributed by atoms with E-state index in [4.69, 9.17) is 9.15 Å². The normalized spacial score (nSPS) is 10.8. The van der Waals surface area contributed by atoms with E-state index >= 15 is 0 Å². The molecular weight excluding hydrogens is 310 g/mol. The molecule has 0 aliphatic rings. The van der Waals surface area contributed by atoms with Crippen LogP contribution in [0.15, 0.2) is 40.9 Å². The van der Waals surface area contributed by atoms with Gasteiger partial charge in [-0.3, -0.25) is 14.8 Å². The third-order valence-electron chi connectivity index (χ3n) is 3.37. The fraction of sp³-hybridized carbons (Fsp3) is 0.250. The SMILES string of the molecule is COc1ccccc1-c1nnc(NC(=O)c2ccnn2C(C)C)o1. The van der Waals surface area contributed by atoms with Gasteiger partial charge in [-0.2, -0.15) is 5.10 Å². The van der Waals surface area contributed by atoms with Crippen LogP contribution in [0.5, 0.6) is 5.75 Å². The number of para-hydroxylation sites is 1. The lowest BCUT2D eigenvalue weighted by molar-refractivity contribution is 0.101. The first kappa shape index (κ1) is 15.7. The molecule has 0 aliphatic carbocycles. The second kappa shape index (κ2) is 6.53. The number of amides is 1. The second-order valence-electron chi connectivity index (χ2n) is 5.32. The monoisotopic (exact) mass is 327 g/mol. The first-order valence-electron chi connectivity index (χ1n) is 7.42. The Balaban J connectivity index is 1.81. The number of hydrogen-bond donors (Lipinski definition) is 1. The predicted octanol–water partition coefficient (Wildman–Crippen LogP) is 2.77. The largest absolute Gasteiger partial charge is 0.496 e. The van der Waals surface area contributed by atoms with Crippen molar-refractivity contribution in [1.82, 2.24) is 20.0 Å². The molecule has 1 aromatic carbocycles. The van der Waals surface area contributed by atoms with E-state index in [9.17, 15) is 4.79 Å². The van der Waals surface area contributed by atoms with E-state index in [1.807, 2.05) is 26.0 Å². The highest BCUT2D eigenvalue weighted by Gasteiger charge is 2.18. The van der Waals surface area contributed by atoms with Crippen molar-refractivity contribution < 1.29 is 13.9 Å². The first-order valence-corrected chi connectivity index (χ1v) is 7.42. The van der Waals surface area contributed by atoms with Crippen LogP contribution in [-0.2, 0) is 0 Å². The van der Waals surface area contributed by atoms with Gasteiger partial charge in [0.2, 0.25) is 0 Å². The summed E-state index contributed by atoms with van der Waals surface area (Å²) < 4.78 is 12.4. The summed E-state index contributed by atoms with van der Waals surface area (Å²) in [6.07, 6.45) is 1.57. The zero-order valence-corrected chi connectivity index (χ0v) is 13.6. The van der Waals surface area contributed by atoms with Gasteiger partial charge in [-0.1, -0.05) is 17.2 Å². The Morgan fingerprint density at radius 3 is 2.79 bits per heavy atom. The molecule has 0 fully saturated rings. The number of carbonyl (C=O) groups is 1. The van der Waals surface area contributed by atoms with Crippen LogP contribution in [0.2, 0.25) is 0 Å². The summed E-state index contributed by atoms with van der Waals surface area (Å²) >= 11 is 0. The van der Waals surface area contributed by atoms with Gasteiger partial charge in [0.05, 0.1) is 12.7 Å². The van der Waals surface area contributed by atoms with E-state index in [0.29, 0.717) is 17.0 Å². The lowest BCUT2D eigenvalue weighted by Gasteiger charge is -2.09. The predicted molar refractivity (Wildman–Crippen MR) is 86.9 cm³/mol. The fourth-order valence-electron chi connectivity index (χ4n) is 2.27. The maximum Gasteiger partial charge on any atom is 0.322 e. The van der Waals surface area contributed by atoms with Crippen molar-refractivity contribution in [2.75, 3.05) is 12.4 Å². The molecule has 0 atom stereocenters. The minimum atomic E-state index is -0.364. The Kier molecular flexibility index (Phi) is 4.28. The zero-order chi connectivity index (χ0) is 17.1. The van der Waals surface area contributed by atoms with Gasteiger partial charge in [0.25, 0.3) is 11.8 Å². The van der Waals surface area contributed by atoms with E-state index < -0.39 is 0 Å². The number of carbonyl (C=O) groups excluding carboxylic acids is 1. The van der Waals surface area contributed by atoms with Gasteiger partial charge in [0.15, 0.2) is 0 Å². The molecule has 2 aromatic heterocycles. The van der Waals surface area contributed by atoms with Crippen LogP contribution in [0, 0.1) is 0 Å². The minimum Gasteiger partial charge on any atom is -0.496 e. The minimum absolute atomic E-state index is 0.0115. The topological polar surface area (TPSA) is 95.1 Å². The Hall–Kier alpha value is -3.16. The summed E-state index contributed by atoms with van der Waals surface area (Å²) in [6.45, 7) is 3.88. The van der Waals surface area contributed by atoms with Gasteiger partial charge in [-0.15, -0.1) is 5.10 Å². The highest BCUT2D eigenvalue weighted by atomic mass is 16.5. The number of ether oxygens (including phenoxy) is 1. The molecule has 0 radical (unpaired) electrons. The second-order valence-corrected chi connectivity index (χ2v) is 5.32. The number of nitrogens with zero attached hydrogens (tertiary/aromatic N) is 4. The van der Waals surface area contributed by atoms with Gasteiger partial charge in [0, 0.05) is 12.2 Å². The number of benzene rings is 1. The summed E-state index contributed by atoms with van der Waals surface area (Å²) in [7, 11) is 1.56. The Morgan fingerprint density at radius 1 is 1.25 bits per heavy atom. The van der Waals surface area contributed by atoms with Crippen LogP contribution in [0.4, 0.5) is 6.01 Å². The number of hydrogen-bond acceptors (Lipinski definition) is 6. The van der Waals surface area contributed by atoms with Crippen LogP contribution in [0.3, 0.4) is 0 Å². The highest BCUT2D eigenvalue weighted by molar-refractivity contribution is 6.01. The van der Waals surface area contributed by atoms with Crippen molar-refractivity contribution in [3.63, 3.8) is 0 Å². The number of methoxy groups -OCH3 is 1. The first-order chi connectivity index (χ1) is 11.6. The van der Waals surface area contributed by atoms with Gasteiger partial charge in [-0.25, -0.2) is 0 Å². The standard InChI is InChI=1S/C16H17N5O3/c1-10(2)21-12(8-9-17-21)14(22)18-16-20-19-15(24-16)11-6-4-5-7-13(11)23-3/h4-10H,1-3H3,(H,18,20,22). The third kappa shape index (κ3) is 2.98. The summed E-state index contributed by atoms with van der Waals surface area (Å²) in [4.78, 5) is 12.3. The van der Waals surface area contributed by atoms with Gasteiger partial charge in [0.1, 0.15) is 11.4 Å². The lowest BCUT2D eigenvalue weighted by Crippen LogP contribution is -2.19. The molecule has 3 rings (SSSR count). The van der Waals surface area contributed by atoms with Crippen molar-refractivity contribution in [3.8, 4) is 17.2 Å². The molecule has 0 unspecified atom stereocenters. The lowest BCUT2D eigenvalue weighted by atomic mass is 10.2. The molecule has 3 aromatic rings. The number of nitrogens with one attached hydrogen (secondary N) is 1. The molecule has 8 nitrogen and oxygen atoms in total. The number of anilines is 1. The fourth-order valence-corrected chi connectivity index (χ4v) is 2.27. The van der Waals surface area contributed by atoms with Crippen LogP contribution in [0.1, 0.15) is 30.4 Å². The average molecular weight is 327 g/mol. The van der Waals surface area contributed by atoms with Crippen molar-refractivity contribution in [2.45, 2.75) is 19.9 Å². The van der Waals surface area contributed by atoms with Crippen molar-refractivity contribution in [1.29, 1.82) is 0 Å². The van der Waals surface area contributed by atoms with E-state index in [1.54, 1.807) is 36.2 Å². The van der Waals surface area contributed by atoms with E-state index in [1.165, 1.54) is 0 Å². The zero-order valence-electron chi connectivity index (χ0n) is 13.6. The molecule has 0 bridgehead atoms. The number of rotatable bonds is 5. The summed E-state index contributed by atoms with van der Waals surface area (Å²) in [5.41, 5.74) is 1.07. The van der Waals surface area contributed by atoms with Crippen LogP contribution in [0.25, 0.3) is 11.5 Å². The maximum atomic E-state index is 12.3. The van der Waals surface area contributed by atoms with Crippen molar-refractivity contribution >= 4 is 11.9 Å². The molecule has 0 saturated heterocycles. The van der Waals surface area contributed by atoms with E-state index in [0.717, 1.165) is 0 Å². The van der Waals surface area contributed by atoms with Crippen LogP contribution < -0.4 is 10.1 Å². The molecule has 0 aliphatic heterocycles. The third-order valence-corrected chi connectivity index (χ3v) is 3.37. The quantitative estimate of drug-likeness (QED) is 0.774. The molecule has 8 heteroatoms. The Bertz CT molecular complexity index is 853. The molecule has 1 N–H and O–H groups in total. The smallest absolute Gasteiger partial charge is 0.322 e. The Labute approximate surface area is 138 Å². The average Bonchev–Trinajstić information content (AvgIpc) is 3.24. The summed E-state index contributed by atoms with van der Waals surface area (Å²) in [5.74, 6) is 0.508. The molecule has 1 amide bonds. The van der Waals surface area contributed by atoms with Crippen molar-refractivity contribution in [3.05, 3.63) is 42.2 Å². The van der Waals surface area contributed by atoms with Crippen molar-refractivity contribution in [2.24, 2.45) is 0 Å². The Morgan fingerprint density at radius 2 is 2.04 bits per heavy atom.